The molecule has 2 rings (SSSR count). The molecule has 90 valence electrons. The van der Waals surface area contributed by atoms with Crippen LogP contribution in [0.2, 0.25) is 0 Å². The monoisotopic (exact) mass is 228 g/mol. The van der Waals surface area contributed by atoms with Crippen LogP contribution in [0.25, 0.3) is 0 Å². The van der Waals surface area contributed by atoms with E-state index in [1.54, 1.807) is 6.08 Å². The summed E-state index contributed by atoms with van der Waals surface area (Å²) in [5.74, 6) is 0.256. The van der Waals surface area contributed by atoms with Crippen LogP contribution in [-0.2, 0) is 4.79 Å². The maximum atomic E-state index is 11.3. The molecule has 0 heterocycles. The highest BCUT2D eigenvalue weighted by molar-refractivity contribution is 5.90. The van der Waals surface area contributed by atoms with Crippen LogP contribution in [0.5, 0.6) is 0 Å². The zero-order valence-electron chi connectivity index (χ0n) is 10.3. The molecule has 0 aromatic carbocycles. The van der Waals surface area contributed by atoms with Gasteiger partial charge >= 0.3 is 0 Å². The summed E-state index contributed by atoms with van der Waals surface area (Å²) in [6.45, 7) is 0. The summed E-state index contributed by atoms with van der Waals surface area (Å²) in [6, 6.07) is 0. The summed E-state index contributed by atoms with van der Waals surface area (Å²) >= 11 is 0. The Morgan fingerprint density at radius 2 is 1.59 bits per heavy atom. The van der Waals surface area contributed by atoms with Gasteiger partial charge in [0.1, 0.15) is 0 Å². The van der Waals surface area contributed by atoms with Crippen molar-refractivity contribution in [3.8, 4) is 0 Å². The highest BCUT2D eigenvalue weighted by Crippen LogP contribution is 2.25. The number of ketones is 1. The first-order chi connectivity index (χ1) is 8.36. The lowest BCUT2D eigenvalue weighted by atomic mass is 9.92. The molecule has 0 aromatic rings. The minimum absolute atomic E-state index is 0.256. The van der Waals surface area contributed by atoms with E-state index >= 15 is 0 Å². The van der Waals surface area contributed by atoms with Gasteiger partial charge in [0, 0.05) is 6.42 Å². The van der Waals surface area contributed by atoms with E-state index in [-0.39, 0.29) is 5.78 Å². The molecule has 0 radical (unpaired) electrons. The van der Waals surface area contributed by atoms with Gasteiger partial charge in [0.2, 0.25) is 0 Å². The van der Waals surface area contributed by atoms with E-state index < -0.39 is 0 Å². The van der Waals surface area contributed by atoms with Crippen LogP contribution in [0, 0.1) is 0 Å². The highest BCUT2D eigenvalue weighted by atomic mass is 16.1. The number of allylic oxidation sites excluding steroid dienone is 8. The van der Waals surface area contributed by atoms with Gasteiger partial charge in [-0.25, -0.2) is 0 Å². The summed E-state index contributed by atoms with van der Waals surface area (Å²) in [4.78, 5) is 11.3. The second-order valence-electron chi connectivity index (χ2n) is 4.74. The molecule has 0 atom stereocenters. The summed E-state index contributed by atoms with van der Waals surface area (Å²) in [6.07, 6.45) is 20.1. The molecule has 0 saturated carbocycles. The highest BCUT2D eigenvalue weighted by Gasteiger charge is 2.08. The van der Waals surface area contributed by atoms with Gasteiger partial charge in [-0.1, -0.05) is 30.4 Å². The summed E-state index contributed by atoms with van der Waals surface area (Å²) in [7, 11) is 0. The Labute approximate surface area is 104 Å². The molecule has 0 unspecified atom stereocenters. The molecule has 0 aromatic heterocycles. The maximum absolute atomic E-state index is 11.3. The smallest absolute Gasteiger partial charge is 0.155 e. The molecular formula is C16H20O. The van der Waals surface area contributed by atoms with Crippen molar-refractivity contribution < 1.29 is 4.79 Å². The Bertz CT molecular complexity index is 394. The largest absolute Gasteiger partial charge is 0.295 e. The minimum Gasteiger partial charge on any atom is -0.295 e. The molecule has 1 nitrogen and oxygen atoms in total. The molecule has 0 spiro atoms. The molecule has 0 bridgehead atoms. The molecule has 1 heteroatoms. The van der Waals surface area contributed by atoms with Crippen molar-refractivity contribution in [2.75, 3.05) is 0 Å². The Morgan fingerprint density at radius 1 is 0.824 bits per heavy atom. The average molecular weight is 228 g/mol. The number of carbonyl (C=O) groups excluding carboxylic acids is 1. The summed E-state index contributed by atoms with van der Waals surface area (Å²) < 4.78 is 0. The lowest BCUT2D eigenvalue weighted by Crippen LogP contribution is -1.99. The Kier molecular flexibility index (Phi) is 4.54. The topological polar surface area (TPSA) is 17.1 Å². The first-order valence-electron chi connectivity index (χ1n) is 6.62. The van der Waals surface area contributed by atoms with Gasteiger partial charge in [0.25, 0.3) is 0 Å². The lowest BCUT2D eigenvalue weighted by Gasteiger charge is -2.14. The van der Waals surface area contributed by atoms with Gasteiger partial charge in [0.05, 0.1) is 0 Å². The van der Waals surface area contributed by atoms with Crippen molar-refractivity contribution in [1.29, 1.82) is 0 Å². The van der Waals surface area contributed by atoms with Crippen LogP contribution in [0.3, 0.4) is 0 Å². The lowest BCUT2D eigenvalue weighted by molar-refractivity contribution is -0.114. The Hall–Kier alpha value is -1.37. The predicted octanol–water partition coefficient (Wildman–Crippen LogP) is 4.28. The number of hydrogen-bond acceptors (Lipinski definition) is 1. The standard InChI is InChI=1S/C16H20O/c17-16-12-6-10-15(11-7-13-16)14-8-4-2-1-3-5-9-14/h2,4,6,8,10,12H,1,3,5,7,9,11,13H2/b4-2-,12-6-,14-8+,15-10+. The van der Waals surface area contributed by atoms with Crippen molar-refractivity contribution in [3.63, 3.8) is 0 Å². The second-order valence-corrected chi connectivity index (χ2v) is 4.74. The maximum Gasteiger partial charge on any atom is 0.155 e. The number of hydrogen-bond donors (Lipinski definition) is 0. The zero-order valence-corrected chi connectivity index (χ0v) is 10.3. The van der Waals surface area contributed by atoms with Crippen molar-refractivity contribution in [2.24, 2.45) is 0 Å². The SMILES string of the molecule is O=C1\C=C/C=C(/C2=C/C=C\CCCC2)CCC1. The normalized spacial score (nSPS) is 31.9. The van der Waals surface area contributed by atoms with Crippen LogP contribution in [0.4, 0.5) is 0 Å². The zero-order chi connectivity index (χ0) is 11.9. The first kappa shape index (κ1) is 12.1. The molecule has 0 aliphatic heterocycles. The van der Waals surface area contributed by atoms with Crippen LogP contribution < -0.4 is 0 Å². The molecule has 0 N–H and O–H groups in total. The third-order valence-corrected chi connectivity index (χ3v) is 3.36. The van der Waals surface area contributed by atoms with Crippen molar-refractivity contribution in [2.45, 2.75) is 44.9 Å². The fraction of sp³-hybridized carbons (Fsp3) is 0.438. The molecular weight excluding hydrogens is 208 g/mol. The summed E-state index contributed by atoms with van der Waals surface area (Å²) in [5, 5.41) is 0. The van der Waals surface area contributed by atoms with Gasteiger partial charge < -0.3 is 0 Å². The van der Waals surface area contributed by atoms with Gasteiger partial charge in [-0.15, -0.1) is 0 Å². The molecule has 2 aliphatic rings. The minimum atomic E-state index is 0.256. The van der Waals surface area contributed by atoms with Gasteiger partial charge in [-0.2, -0.15) is 0 Å². The van der Waals surface area contributed by atoms with E-state index in [0.29, 0.717) is 6.42 Å². The number of carbonyl (C=O) groups is 1. The summed E-state index contributed by atoms with van der Waals surface area (Å²) in [5.41, 5.74) is 2.88. The van der Waals surface area contributed by atoms with Crippen LogP contribution in [0.1, 0.15) is 44.9 Å². The van der Waals surface area contributed by atoms with Gasteiger partial charge in [-0.3, -0.25) is 4.79 Å². The van der Waals surface area contributed by atoms with E-state index in [9.17, 15) is 4.79 Å². The third-order valence-electron chi connectivity index (χ3n) is 3.36. The van der Waals surface area contributed by atoms with Crippen molar-refractivity contribution in [1.82, 2.24) is 0 Å². The van der Waals surface area contributed by atoms with E-state index in [4.69, 9.17) is 0 Å². The molecule has 0 amide bonds. The van der Waals surface area contributed by atoms with E-state index in [2.05, 4.69) is 24.3 Å². The fourth-order valence-electron chi connectivity index (χ4n) is 2.37. The van der Waals surface area contributed by atoms with Crippen LogP contribution in [0.15, 0.2) is 47.6 Å². The van der Waals surface area contributed by atoms with E-state index in [1.807, 2.05) is 6.08 Å². The van der Waals surface area contributed by atoms with Crippen molar-refractivity contribution >= 4 is 5.78 Å². The van der Waals surface area contributed by atoms with Crippen LogP contribution >= 0.6 is 0 Å². The molecule has 0 saturated heterocycles. The second kappa shape index (κ2) is 6.39. The average Bonchev–Trinajstić information content (AvgIpc) is 2.23. The quantitative estimate of drug-likeness (QED) is 0.654. The first-order valence-corrected chi connectivity index (χ1v) is 6.62. The Balaban J connectivity index is 2.16. The Morgan fingerprint density at radius 3 is 2.47 bits per heavy atom. The van der Waals surface area contributed by atoms with E-state index in [1.165, 1.54) is 36.8 Å². The third kappa shape index (κ3) is 3.85. The van der Waals surface area contributed by atoms with Crippen molar-refractivity contribution in [3.05, 3.63) is 47.6 Å². The molecule has 2 aliphatic carbocycles. The van der Waals surface area contributed by atoms with Crippen LogP contribution in [-0.4, -0.2) is 5.78 Å². The predicted molar refractivity (Wildman–Crippen MR) is 71.8 cm³/mol. The van der Waals surface area contributed by atoms with Gasteiger partial charge in [0.15, 0.2) is 5.78 Å². The molecule has 17 heavy (non-hydrogen) atoms. The molecule has 0 fully saturated rings. The number of rotatable bonds is 1. The van der Waals surface area contributed by atoms with E-state index in [0.717, 1.165) is 12.8 Å². The fourth-order valence-corrected chi connectivity index (χ4v) is 2.37. The van der Waals surface area contributed by atoms with Gasteiger partial charge in [-0.05, 0) is 55.7 Å².